The quantitative estimate of drug-likeness (QED) is 0.591. The van der Waals surface area contributed by atoms with Crippen molar-refractivity contribution in [2.24, 2.45) is 0 Å². The number of rotatable bonds is 4. The lowest BCUT2D eigenvalue weighted by Gasteiger charge is -2.40. The molecule has 178 valence electrons. The van der Waals surface area contributed by atoms with Crippen LogP contribution in [-0.4, -0.2) is 80.9 Å². The molecule has 2 aliphatic heterocycles. The molecule has 0 atom stereocenters. The van der Waals surface area contributed by atoms with Crippen molar-refractivity contribution >= 4 is 5.91 Å². The van der Waals surface area contributed by atoms with Crippen molar-refractivity contribution in [2.75, 3.05) is 39.4 Å². The van der Waals surface area contributed by atoms with Crippen molar-refractivity contribution in [3.8, 4) is 17.2 Å². The van der Waals surface area contributed by atoms with Gasteiger partial charge in [-0.1, -0.05) is 0 Å². The molecule has 1 amide bonds. The smallest absolute Gasteiger partial charge is 0.257 e. The zero-order valence-electron chi connectivity index (χ0n) is 19.6. The monoisotopic (exact) mass is 464 g/mol. The highest BCUT2D eigenvalue weighted by atomic mass is 19.1. The lowest BCUT2D eigenvalue weighted by Crippen LogP contribution is -2.50. The van der Waals surface area contributed by atoms with E-state index in [1.165, 1.54) is 12.1 Å². The lowest BCUT2D eigenvalue weighted by molar-refractivity contribution is 0.00158. The number of carbonyl (C=O) groups excluding carboxylic acids is 1. The number of carbonyl (C=O) groups is 1. The van der Waals surface area contributed by atoms with Crippen LogP contribution in [0.3, 0.4) is 0 Å². The van der Waals surface area contributed by atoms with Crippen molar-refractivity contribution < 1.29 is 13.9 Å². The van der Waals surface area contributed by atoms with E-state index in [2.05, 4.69) is 20.0 Å². The van der Waals surface area contributed by atoms with E-state index in [1.807, 2.05) is 18.7 Å². The number of piperidine rings is 1. The zero-order chi connectivity index (χ0) is 23.7. The fraction of sp³-hybridized carbons (Fsp3) is 0.440. The number of amides is 1. The second kappa shape index (κ2) is 9.60. The summed E-state index contributed by atoms with van der Waals surface area (Å²) in [5.74, 6) is 0.0817. The molecule has 0 bridgehead atoms. The Kier molecular flexibility index (Phi) is 6.38. The van der Waals surface area contributed by atoms with Crippen LogP contribution < -0.4 is 0 Å². The Hall–Kier alpha value is -3.17. The molecule has 2 saturated heterocycles. The summed E-state index contributed by atoms with van der Waals surface area (Å²) in [5.41, 5.74) is 3.65. The summed E-state index contributed by atoms with van der Waals surface area (Å²) >= 11 is 0. The van der Waals surface area contributed by atoms with Crippen molar-refractivity contribution in [3.63, 3.8) is 0 Å². The zero-order valence-corrected chi connectivity index (χ0v) is 19.6. The number of hydrogen-bond acceptors (Lipinski definition) is 6. The number of nitrogens with zero attached hydrogens (tertiary/aromatic N) is 6. The largest absolute Gasteiger partial charge is 0.379 e. The van der Waals surface area contributed by atoms with Crippen molar-refractivity contribution in [1.29, 1.82) is 0 Å². The number of ether oxygens (including phenoxy) is 1. The van der Waals surface area contributed by atoms with Gasteiger partial charge < -0.3 is 9.64 Å². The van der Waals surface area contributed by atoms with Crippen LogP contribution >= 0.6 is 0 Å². The molecule has 0 unspecified atom stereocenters. The van der Waals surface area contributed by atoms with Gasteiger partial charge in [-0.2, -0.15) is 5.10 Å². The maximum absolute atomic E-state index is 13.4. The summed E-state index contributed by atoms with van der Waals surface area (Å²) in [5, 5.41) is 4.43. The van der Waals surface area contributed by atoms with Crippen LogP contribution in [0.25, 0.3) is 17.2 Å². The van der Waals surface area contributed by atoms with E-state index in [-0.39, 0.29) is 11.7 Å². The summed E-state index contributed by atoms with van der Waals surface area (Å²) < 4.78 is 20.4. The number of aryl methyl sites for hydroxylation is 1. The number of hydrogen-bond donors (Lipinski definition) is 0. The molecule has 2 aromatic heterocycles. The number of halogens is 1. The Morgan fingerprint density at radius 1 is 1.03 bits per heavy atom. The van der Waals surface area contributed by atoms with Gasteiger partial charge in [0.05, 0.1) is 36.4 Å². The third-order valence-corrected chi connectivity index (χ3v) is 6.82. The third kappa shape index (κ3) is 4.45. The van der Waals surface area contributed by atoms with Crippen LogP contribution in [0.1, 0.15) is 34.5 Å². The molecule has 0 saturated carbocycles. The van der Waals surface area contributed by atoms with E-state index in [4.69, 9.17) is 4.74 Å². The second-order valence-corrected chi connectivity index (χ2v) is 8.94. The van der Waals surface area contributed by atoms with Gasteiger partial charge in [0.25, 0.3) is 11.9 Å². The molecule has 0 spiro atoms. The van der Waals surface area contributed by atoms with Gasteiger partial charge in [-0.05, 0) is 56.5 Å². The SMILES string of the molecule is Cc1cnc(-n2ncc(C(=O)N3CCC(N4CCOCC4)CC3)c2C)nc1-c1ccc(F)cc1. The first-order valence-corrected chi connectivity index (χ1v) is 11.8. The highest BCUT2D eigenvalue weighted by Crippen LogP contribution is 2.24. The standard InChI is InChI=1S/C25H29FN6O2/c1-17-15-27-25(29-23(17)19-3-5-20(26)6-4-19)32-18(2)22(16-28-32)24(33)31-9-7-21(8-10-31)30-11-13-34-14-12-30/h3-6,15-16,21H,7-14H2,1-2H3. The molecule has 3 aromatic rings. The van der Waals surface area contributed by atoms with E-state index in [9.17, 15) is 9.18 Å². The maximum atomic E-state index is 13.4. The van der Waals surface area contributed by atoms with Crippen LogP contribution in [0.4, 0.5) is 4.39 Å². The Morgan fingerprint density at radius 3 is 2.44 bits per heavy atom. The molecule has 5 rings (SSSR count). The average molecular weight is 465 g/mol. The van der Waals surface area contributed by atoms with Gasteiger partial charge in [0, 0.05) is 44.0 Å². The summed E-state index contributed by atoms with van der Waals surface area (Å²) in [7, 11) is 0. The first-order chi connectivity index (χ1) is 16.5. The highest BCUT2D eigenvalue weighted by molar-refractivity contribution is 5.95. The maximum Gasteiger partial charge on any atom is 0.257 e. The van der Waals surface area contributed by atoms with Crippen molar-refractivity contribution in [1.82, 2.24) is 29.5 Å². The summed E-state index contributed by atoms with van der Waals surface area (Å²) in [6.45, 7) is 8.78. The molecule has 4 heterocycles. The summed E-state index contributed by atoms with van der Waals surface area (Å²) in [6, 6.07) is 6.73. The number of morpholine rings is 1. The van der Waals surface area contributed by atoms with Gasteiger partial charge in [0.15, 0.2) is 0 Å². The topological polar surface area (TPSA) is 76.4 Å². The van der Waals surface area contributed by atoms with Gasteiger partial charge in [0.1, 0.15) is 5.82 Å². The van der Waals surface area contributed by atoms with E-state index >= 15 is 0 Å². The fourth-order valence-electron chi connectivity index (χ4n) is 4.80. The molecule has 0 aliphatic carbocycles. The Labute approximate surface area is 198 Å². The molecule has 8 nitrogen and oxygen atoms in total. The van der Waals surface area contributed by atoms with Crippen molar-refractivity contribution in [3.05, 3.63) is 59.3 Å². The first-order valence-electron chi connectivity index (χ1n) is 11.8. The predicted molar refractivity (Wildman–Crippen MR) is 125 cm³/mol. The van der Waals surface area contributed by atoms with Gasteiger partial charge in [-0.15, -0.1) is 0 Å². The third-order valence-electron chi connectivity index (χ3n) is 6.82. The van der Waals surface area contributed by atoms with Gasteiger partial charge in [0.2, 0.25) is 0 Å². The van der Waals surface area contributed by atoms with E-state index < -0.39 is 0 Å². The molecule has 1 aromatic carbocycles. The molecule has 2 fully saturated rings. The molecule has 0 radical (unpaired) electrons. The second-order valence-electron chi connectivity index (χ2n) is 8.94. The van der Waals surface area contributed by atoms with E-state index in [0.29, 0.717) is 28.9 Å². The molecule has 9 heteroatoms. The van der Waals surface area contributed by atoms with Gasteiger partial charge in [-0.3, -0.25) is 9.69 Å². The Balaban J connectivity index is 1.32. The van der Waals surface area contributed by atoms with Crippen LogP contribution in [-0.2, 0) is 4.74 Å². The first kappa shape index (κ1) is 22.6. The fourth-order valence-corrected chi connectivity index (χ4v) is 4.80. The molecular formula is C25H29FN6O2. The number of likely N-dealkylation sites (tertiary alicyclic amines) is 1. The van der Waals surface area contributed by atoms with Crippen LogP contribution in [0.5, 0.6) is 0 Å². The van der Waals surface area contributed by atoms with E-state index in [0.717, 1.165) is 63.4 Å². The molecule has 2 aliphatic rings. The number of aromatic nitrogens is 4. The predicted octanol–water partition coefficient (Wildman–Crippen LogP) is 3.02. The van der Waals surface area contributed by atoms with Crippen molar-refractivity contribution in [2.45, 2.75) is 32.7 Å². The lowest BCUT2D eigenvalue weighted by atomic mass is 10.0. The van der Waals surface area contributed by atoms with E-state index in [1.54, 1.807) is 29.2 Å². The minimum Gasteiger partial charge on any atom is -0.379 e. The highest BCUT2D eigenvalue weighted by Gasteiger charge is 2.29. The molecular weight excluding hydrogens is 435 g/mol. The Bertz CT molecular complexity index is 1160. The summed E-state index contributed by atoms with van der Waals surface area (Å²) in [6.07, 6.45) is 5.27. The Morgan fingerprint density at radius 2 is 1.74 bits per heavy atom. The van der Waals surface area contributed by atoms with Crippen LogP contribution in [0, 0.1) is 19.7 Å². The minimum atomic E-state index is -0.296. The summed E-state index contributed by atoms with van der Waals surface area (Å²) in [4.78, 5) is 26.8. The average Bonchev–Trinajstić information content (AvgIpc) is 3.26. The van der Waals surface area contributed by atoms with Gasteiger partial charge >= 0.3 is 0 Å². The molecule has 0 N–H and O–H groups in total. The molecule has 34 heavy (non-hydrogen) atoms. The van der Waals surface area contributed by atoms with Gasteiger partial charge in [-0.25, -0.2) is 19.0 Å². The van der Waals surface area contributed by atoms with Crippen LogP contribution in [0.2, 0.25) is 0 Å². The van der Waals surface area contributed by atoms with Crippen LogP contribution in [0.15, 0.2) is 36.7 Å². The number of benzene rings is 1. The normalized spacial score (nSPS) is 17.8. The minimum absolute atomic E-state index is 0.00459.